The molecule has 170 valence electrons. The summed E-state index contributed by atoms with van der Waals surface area (Å²) in [6, 6.07) is 4.05. The molecule has 2 aliphatic carbocycles. The quantitative estimate of drug-likeness (QED) is 0.580. The summed E-state index contributed by atoms with van der Waals surface area (Å²) in [7, 11) is 0. The number of aromatic nitrogens is 1. The molecule has 0 spiro atoms. The number of rotatable bonds is 7. The zero-order chi connectivity index (χ0) is 21.7. The number of hydrogen-bond acceptors (Lipinski definition) is 5. The Labute approximate surface area is 189 Å². The molecule has 0 aromatic carbocycles. The highest BCUT2D eigenvalue weighted by molar-refractivity contribution is 7.99. The molecule has 0 unspecified atom stereocenters. The minimum atomic E-state index is -0.800. The highest BCUT2D eigenvalue weighted by atomic mass is 32.2. The van der Waals surface area contributed by atoms with Gasteiger partial charge in [-0.15, -0.1) is 11.8 Å². The van der Waals surface area contributed by atoms with Crippen molar-refractivity contribution < 1.29 is 14.7 Å². The highest BCUT2D eigenvalue weighted by Gasteiger charge is 2.40. The van der Waals surface area contributed by atoms with Crippen molar-refractivity contribution in [3.05, 3.63) is 23.4 Å². The van der Waals surface area contributed by atoms with Gasteiger partial charge in [0.2, 0.25) is 0 Å². The van der Waals surface area contributed by atoms with Crippen molar-refractivity contribution >= 4 is 23.6 Å². The number of thioether (sulfide) groups is 1. The molecule has 1 aromatic rings. The molecule has 1 saturated heterocycles. The van der Waals surface area contributed by atoms with Crippen LogP contribution in [0.4, 0.5) is 0 Å². The minimum absolute atomic E-state index is 0.0268. The molecule has 1 atom stereocenters. The van der Waals surface area contributed by atoms with E-state index in [-0.39, 0.29) is 18.4 Å². The monoisotopic (exact) mass is 445 g/mol. The van der Waals surface area contributed by atoms with E-state index >= 15 is 0 Å². The summed E-state index contributed by atoms with van der Waals surface area (Å²) in [4.78, 5) is 29.8. The summed E-state index contributed by atoms with van der Waals surface area (Å²) in [6.45, 7) is 1.41. The first-order chi connectivity index (χ1) is 15.1. The number of aliphatic carboxylic acids is 1. The second kappa shape index (κ2) is 10.3. The van der Waals surface area contributed by atoms with Crippen LogP contribution < -0.4 is 10.6 Å². The molecule has 1 amide bonds. The van der Waals surface area contributed by atoms with Gasteiger partial charge in [-0.05, 0) is 50.8 Å². The van der Waals surface area contributed by atoms with Crippen molar-refractivity contribution in [2.45, 2.75) is 98.8 Å². The van der Waals surface area contributed by atoms with E-state index in [1.165, 1.54) is 38.5 Å². The van der Waals surface area contributed by atoms with Gasteiger partial charge in [0.1, 0.15) is 5.03 Å². The van der Waals surface area contributed by atoms with E-state index in [4.69, 9.17) is 4.98 Å². The molecule has 1 aromatic heterocycles. The first-order valence-corrected chi connectivity index (χ1v) is 12.9. The van der Waals surface area contributed by atoms with Gasteiger partial charge >= 0.3 is 5.97 Å². The van der Waals surface area contributed by atoms with Gasteiger partial charge in [-0.1, -0.05) is 38.5 Å². The maximum atomic E-state index is 13.2. The first-order valence-electron chi connectivity index (χ1n) is 12.0. The van der Waals surface area contributed by atoms with Gasteiger partial charge < -0.3 is 15.7 Å². The molecule has 3 N–H and O–H groups in total. The molecular weight excluding hydrogens is 410 g/mol. The molecule has 6 nitrogen and oxygen atoms in total. The minimum Gasteiger partial charge on any atom is -0.481 e. The number of hydrogen-bond donors (Lipinski definition) is 3. The normalized spacial score (nSPS) is 25.4. The van der Waals surface area contributed by atoms with Crippen LogP contribution in [0, 0.1) is 0 Å². The van der Waals surface area contributed by atoms with Gasteiger partial charge in [-0.3, -0.25) is 9.59 Å². The largest absolute Gasteiger partial charge is 0.481 e. The maximum Gasteiger partial charge on any atom is 0.304 e. The Hall–Kier alpha value is -1.60. The van der Waals surface area contributed by atoms with Crippen molar-refractivity contribution in [2.75, 3.05) is 13.1 Å². The van der Waals surface area contributed by atoms with Crippen LogP contribution >= 0.6 is 11.8 Å². The lowest BCUT2D eigenvalue weighted by molar-refractivity contribution is -0.138. The molecule has 3 fully saturated rings. The fourth-order valence-corrected chi connectivity index (χ4v) is 6.67. The molecule has 1 aliphatic heterocycles. The molecule has 31 heavy (non-hydrogen) atoms. The van der Waals surface area contributed by atoms with Crippen LogP contribution in [0.25, 0.3) is 0 Å². The zero-order valence-electron chi connectivity index (χ0n) is 18.3. The zero-order valence-corrected chi connectivity index (χ0v) is 19.1. The molecule has 7 heteroatoms. The predicted octanol–water partition coefficient (Wildman–Crippen LogP) is 4.27. The van der Waals surface area contributed by atoms with Crippen molar-refractivity contribution in [2.24, 2.45) is 0 Å². The van der Waals surface area contributed by atoms with Gasteiger partial charge in [-0.2, -0.15) is 0 Å². The third-order valence-corrected chi connectivity index (χ3v) is 8.49. The van der Waals surface area contributed by atoms with Crippen LogP contribution in [-0.2, 0) is 10.2 Å². The van der Waals surface area contributed by atoms with E-state index in [9.17, 15) is 14.7 Å². The van der Waals surface area contributed by atoms with E-state index in [1.54, 1.807) is 11.8 Å². The van der Waals surface area contributed by atoms with Gasteiger partial charge in [0.15, 0.2) is 0 Å². The SMILES string of the molecule is O=C(O)C[C@]1(c2ccc(C(=O)NC3CCCCC3)c(SC3CCCCC3)n2)CCNC1. The van der Waals surface area contributed by atoms with Crippen LogP contribution in [0.15, 0.2) is 17.2 Å². The predicted molar refractivity (Wildman–Crippen MR) is 123 cm³/mol. The lowest BCUT2D eigenvalue weighted by Crippen LogP contribution is -2.37. The van der Waals surface area contributed by atoms with Crippen LogP contribution in [0.3, 0.4) is 0 Å². The van der Waals surface area contributed by atoms with Crippen LogP contribution in [0.1, 0.15) is 93.1 Å². The van der Waals surface area contributed by atoms with Crippen LogP contribution in [0.5, 0.6) is 0 Å². The lowest BCUT2D eigenvalue weighted by Gasteiger charge is -2.28. The van der Waals surface area contributed by atoms with Gasteiger partial charge in [-0.25, -0.2) is 4.98 Å². The second-order valence-corrected chi connectivity index (χ2v) is 10.8. The second-order valence-electron chi connectivity index (χ2n) is 9.51. The number of carbonyl (C=O) groups is 2. The number of pyridine rings is 1. The van der Waals surface area contributed by atoms with Crippen molar-refractivity contribution in [1.29, 1.82) is 0 Å². The van der Waals surface area contributed by atoms with Gasteiger partial charge in [0, 0.05) is 28.9 Å². The van der Waals surface area contributed by atoms with E-state index in [0.717, 1.165) is 49.4 Å². The van der Waals surface area contributed by atoms with Gasteiger partial charge in [0.05, 0.1) is 12.0 Å². The molecule has 0 radical (unpaired) electrons. The summed E-state index contributed by atoms with van der Waals surface area (Å²) in [6.07, 6.45) is 12.6. The average Bonchev–Trinajstić information content (AvgIpc) is 3.24. The topological polar surface area (TPSA) is 91.3 Å². The number of carboxylic acids is 1. The van der Waals surface area contributed by atoms with E-state index < -0.39 is 11.4 Å². The van der Waals surface area contributed by atoms with E-state index in [1.807, 2.05) is 12.1 Å². The summed E-state index contributed by atoms with van der Waals surface area (Å²) in [5, 5.41) is 17.4. The third-order valence-electron chi connectivity index (χ3n) is 7.15. The number of nitrogens with one attached hydrogen (secondary N) is 2. The standard InChI is InChI=1S/C24H35N3O3S/c28-21(29)15-24(13-14-25-16-24)20-12-11-19(22(30)26-17-7-3-1-4-8-17)23(27-20)31-18-9-5-2-6-10-18/h11-12,17-18,25H,1-10,13-16H2,(H,26,30)(H,28,29)/t24-/m1/s1. The molecule has 2 heterocycles. The number of carboxylic acid groups (broad SMARTS) is 1. The number of nitrogens with zero attached hydrogens (tertiary/aromatic N) is 1. The Bertz CT molecular complexity index is 782. The Morgan fingerprint density at radius 3 is 2.45 bits per heavy atom. The maximum absolute atomic E-state index is 13.2. The summed E-state index contributed by atoms with van der Waals surface area (Å²) in [5.74, 6) is -0.827. The Kier molecular flexibility index (Phi) is 7.54. The van der Waals surface area contributed by atoms with Crippen molar-refractivity contribution in [3.63, 3.8) is 0 Å². The lowest BCUT2D eigenvalue weighted by atomic mass is 9.80. The summed E-state index contributed by atoms with van der Waals surface area (Å²) >= 11 is 1.73. The van der Waals surface area contributed by atoms with E-state index in [2.05, 4.69) is 10.6 Å². The summed E-state index contributed by atoms with van der Waals surface area (Å²) in [5.41, 5.74) is 0.972. The van der Waals surface area contributed by atoms with E-state index in [0.29, 0.717) is 17.4 Å². The van der Waals surface area contributed by atoms with Crippen LogP contribution in [0.2, 0.25) is 0 Å². The molecular formula is C24H35N3O3S. The average molecular weight is 446 g/mol. The molecule has 4 rings (SSSR count). The summed E-state index contributed by atoms with van der Waals surface area (Å²) < 4.78 is 0. The van der Waals surface area contributed by atoms with Crippen LogP contribution in [-0.4, -0.2) is 46.3 Å². The fraction of sp³-hybridized carbons (Fsp3) is 0.708. The number of amides is 1. The molecule has 3 aliphatic rings. The van der Waals surface area contributed by atoms with Crippen molar-refractivity contribution in [1.82, 2.24) is 15.6 Å². The Balaban J connectivity index is 1.61. The Morgan fingerprint density at radius 1 is 1.10 bits per heavy atom. The molecule has 0 bridgehead atoms. The Morgan fingerprint density at radius 2 is 1.81 bits per heavy atom. The van der Waals surface area contributed by atoms with Crippen molar-refractivity contribution in [3.8, 4) is 0 Å². The fourth-order valence-electron chi connectivity index (χ4n) is 5.34. The number of carbonyl (C=O) groups excluding carboxylic acids is 1. The first kappa shape index (κ1) is 22.6. The highest BCUT2D eigenvalue weighted by Crippen LogP contribution is 2.38. The third kappa shape index (κ3) is 5.61. The van der Waals surface area contributed by atoms with Gasteiger partial charge in [0.25, 0.3) is 5.91 Å². The molecule has 2 saturated carbocycles. The smallest absolute Gasteiger partial charge is 0.304 e.